The van der Waals surface area contributed by atoms with Crippen LogP contribution in [0.1, 0.15) is 0 Å². The van der Waals surface area contributed by atoms with Crippen molar-refractivity contribution in [2.45, 2.75) is 0 Å². The van der Waals surface area contributed by atoms with E-state index >= 15 is 0 Å². The van der Waals surface area contributed by atoms with Gasteiger partial charge in [0.2, 0.25) is 0 Å². The van der Waals surface area contributed by atoms with Crippen molar-refractivity contribution in [2.24, 2.45) is 0 Å². The van der Waals surface area contributed by atoms with Crippen LogP contribution in [0.2, 0.25) is 0 Å². The molecule has 34 valence electrons. The van der Waals surface area contributed by atoms with Crippen molar-refractivity contribution in [2.75, 3.05) is 0 Å². The van der Waals surface area contributed by atoms with Crippen molar-refractivity contribution in [3.63, 3.8) is 0 Å². The summed E-state index contributed by atoms with van der Waals surface area (Å²) < 4.78 is 22.8. The lowest BCUT2D eigenvalue weighted by atomic mass is 15.8. The van der Waals surface area contributed by atoms with Crippen molar-refractivity contribution in [3.05, 3.63) is 0 Å². The SMILES string of the molecule is I.O=S(O)O. The molecule has 0 aliphatic carbocycles. The van der Waals surface area contributed by atoms with Crippen LogP contribution in [0.4, 0.5) is 0 Å². The Hall–Kier alpha value is 0.800. The second-order valence-corrected chi connectivity index (χ2v) is 0.692. The summed E-state index contributed by atoms with van der Waals surface area (Å²) >= 11 is -2.61. The highest BCUT2D eigenvalue weighted by Gasteiger charge is 1.62. The van der Waals surface area contributed by atoms with Crippen LogP contribution in [-0.4, -0.2) is 13.3 Å². The first kappa shape index (κ1) is 9.25. The molecule has 0 aliphatic heterocycles. The van der Waals surface area contributed by atoms with Crippen molar-refractivity contribution < 1.29 is 13.3 Å². The summed E-state index contributed by atoms with van der Waals surface area (Å²) in [6.07, 6.45) is 0. The molecule has 0 radical (unpaired) electrons. The van der Waals surface area contributed by atoms with Gasteiger partial charge in [-0.1, -0.05) is 0 Å². The molecule has 0 saturated carbocycles. The summed E-state index contributed by atoms with van der Waals surface area (Å²) in [5.74, 6) is 0. The summed E-state index contributed by atoms with van der Waals surface area (Å²) in [7, 11) is 0. The summed E-state index contributed by atoms with van der Waals surface area (Å²) in [6.45, 7) is 0. The number of hydrogen-bond acceptors (Lipinski definition) is 1. The van der Waals surface area contributed by atoms with Crippen LogP contribution in [0, 0.1) is 0 Å². The van der Waals surface area contributed by atoms with E-state index in [2.05, 4.69) is 0 Å². The fourth-order valence-corrected chi connectivity index (χ4v) is 0. The van der Waals surface area contributed by atoms with Gasteiger partial charge in [0.25, 0.3) is 11.4 Å². The Morgan fingerprint density at radius 1 is 1.40 bits per heavy atom. The smallest absolute Gasteiger partial charge is 0.284 e. The van der Waals surface area contributed by atoms with Gasteiger partial charge in [-0.2, -0.15) is 4.21 Å². The molecule has 0 aromatic heterocycles. The first-order valence-corrected chi connectivity index (χ1v) is 1.60. The van der Waals surface area contributed by atoms with Crippen molar-refractivity contribution in [1.82, 2.24) is 0 Å². The second kappa shape index (κ2) is 4.80. The molecule has 0 unspecified atom stereocenters. The normalized spacial score (nSPS) is 7.00. The third-order valence-corrected chi connectivity index (χ3v) is 0. The minimum Gasteiger partial charge on any atom is -0.284 e. The van der Waals surface area contributed by atoms with Crippen LogP contribution in [0.15, 0.2) is 0 Å². The molecule has 5 heavy (non-hydrogen) atoms. The summed E-state index contributed by atoms with van der Waals surface area (Å²) in [4.78, 5) is 0. The van der Waals surface area contributed by atoms with Gasteiger partial charge in [-0.05, 0) is 0 Å². The summed E-state index contributed by atoms with van der Waals surface area (Å²) in [5.41, 5.74) is 0. The van der Waals surface area contributed by atoms with Crippen LogP contribution >= 0.6 is 24.0 Å². The molecule has 0 aliphatic rings. The third kappa shape index (κ3) is 58.8. The maximum absolute atomic E-state index is 8.67. The van der Waals surface area contributed by atoms with Gasteiger partial charge in [0.15, 0.2) is 0 Å². The van der Waals surface area contributed by atoms with E-state index in [9.17, 15) is 0 Å². The average Bonchev–Trinajstić information content (AvgIpc) is 0.811. The lowest BCUT2D eigenvalue weighted by Crippen LogP contribution is -1.74. The Labute approximate surface area is 48.9 Å². The molecule has 0 saturated heterocycles. The minimum atomic E-state index is -2.61. The molecule has 2 N–H and O–H groups in total. The van der Waals surface area contributed by atoms with Crippen LogP contribution in [-0.2, 0) is 11.4 Å². The standard InChI is InChI=1S/HI.H2O3S/c;1-4(2)3/h1H;(H2,1,2,3). The number of halogens is 1. The van der Waals surface area contributed by atoms with Gasteiger partial charge in [0.1, 0.15) is 0 Å². The second-order valence-electron chi connectivity index (χ2n) is 0.231. The van der Waals surface area contributed by atoms with Crippen LogP contribution in [0.25, 0.3) is 0 Å². The zero-order chi connectivity index (χ0) is 3.58. The van der Waals surface area contributed by atoms with E-state index < -0.39 is 11.4 Å². The fraction of sp³-hybridized carbons (Fsp3) is 0. The van der Waals surface area contributed by atoms with Gasteiger partial charge in [-0.15, -0.1) is 24.0 Å². The van der Waals surface area contributed by atoms with Gasteiger partial charge in [0, 0.05) is 0 Å². The van der Waals surface area contributed by atoms with Gasteiger partial charge in [-0.25, -0.2) is 0 Å². The molecular weight excluding hydrogens is 207 g/mol. The van der Waals surface area contributed by atoms with E-state index in [1.54, 1.807) is 0 Å². The Bertz CT molecular complexity index is 29.9. The highest BCUT2D eigenvalue weighted by Crippen LogP contribution is 1.44. The lowest BCUT2D eigenvalue weighted by molar-refractivity contribution is 0.454. The lowest BCUT2D eigenvalue weighted by Gasteiger charge is -1.59. The first-order chi connectivity index (χ1) is 1.73. The Morgan fingerprint density at radius 3 is 1.40 bits per heavy atom. The van der Waals surface area contributed by atoms with Gasteiger partial charge < -0.3 is 0 Å². The predicted molar refractivity (Wildman–Crippen MR) is 28.8 cm³/mol. The van der Waals surface area contributed by atoms with E-state index in [1.807, 2.05) is 0 Å². The van der Waals surface area contributed by atoms with E-state index in [4.69, 9.17) is 13.3 Å². The number of rotatable bonds is 0. The quantitative estimate of drug-likeness (QED) is 0.446. The predicted octanol–water partition coefficient (Wildman–Crippen LogP) is 0.299. The minimum absolute atomic E-state index is 0. The van der Waals surface area contributed by atoms with Crippen molar-refractivity contribution in [3.8, 4) is 0 Å². The average molecular weight is 210 g/mol. The van der Waals surface area contributed by atoms with E-state index in [1.165, 1.54) is 0 Å². The van der Waals surface area contributed by atoms with Gasteiger partial charge in [0.05, 0.1) is 0 Å². The number of hydrogen-bond donors (Lipinski definition) is 2. The van der Waals surface area contributed by atoms with Crippen LogP contribution in [0.5, 0.6) is 0 Å². The molecule has 0 bridgehead atoms. The Kier molecular flexibility index (Phi) is 8.88. The molecule has 0 fully saturated rings. The van der Waals surface area contributed by atoms with Crippen LogP contribution < -0.4 is 0 Å². The highest BCUT2D eigenvalue weighted by atomic mass is 127. The largest absolute Gasteiger partial charge is 0.299 e. The monoisotopic (exact) mass is 210 g/mol. The zero-order valence-corrected chi connectivity index (χ0v) is 5.27. The molecule has 0 heterocycles. The molecular formula is H3IO3S. The molecule has 5 heteroatoms. The molecule has 3 nitrogen and oxygen atoms in total. The van der Waals surface area contributed by atoms with Crippen LogP contribution in [0.3, 0.4) is 0 Å². The van der Waals surface area contributed by atoms with E-state index in [0.29, 0.717) is 0 Å². The molecule has 0 aromatic carbocycles. The highest BCUT2D eigenvalue weighted by molar-refractivity contribution is 14.0. The fourth-order valence-electron chi connectivity index (χ4n) is 0. The van der Waals surface area contributed by atoms with E-state index in [0.717, 1.165) is 0 Å². The maximum atomic E-state index is 8.67. The van der Waals surface area contributed by atoms with Crippen molar-refractivity contribution in [1.29, 1.82) is 0 Å². The Balaban J connectivity index is 0. The molecule has 0 atom stereocenters. The maximum Gasteiger partial charge on any atom is 0.299 e. The van der Waals surface area contributed by atoms with E-state index in [-0.39, 0.29) is 24.0 Å². The molecule has 0 rings (SSSR count). The summed E-state index contributed by atoms with van der Waals surface area (Å²) in [5, 5.41) is 0. The molecule has 0 amide bonds. The van der Waals surface area contributed by atoms with Crippen molar-refractivity contribution >= 4 is 35.3 Å². The van der Waals surface area contributed by atoms with Gasteiger partial charge >= 0.3 is 0 Å². The molecule has 0 aromatic rings. The van der Waals surface area contributed by atoms with Gasteiger partial charge in [-0.3, -0.25) is 9.11 Å². The Morgan fingerprint density at radius 2 is 1.40 bits per heavy atom. The first-order valence-electron chi connectivity index (χ1n) is 0.532. The summed E-state index contributed by atoms with van der Waals surface area (Å²) in [6, 6.07) is 0. The molecule has 0 spiro atoms. The topological polar surface area (TPSA) is 57.5 Å². The zero-order valence-electron chi connectivity index (χ0n) is 2.12. The third-order valence-electron chi connectivity index (χ3n) is 0.